The molecule has 1 saturated carbocycles. The molecule has 1 fully saturated rings. The van der Waals surface area contributed by atoms with Gasteiger partial charge >= 0.3 is 18.2 Å². The fourth-order valence-corrected chi connectivity index (χ4v) is 1.53. The number of nitrogens with one attached hydrogen (secondary N) is 2. The van der Waals surface area contributed by atoms with E-state index in [2.05, 4.69) is 5.32 Å². The summed E-state index contributed by atoms with van der Waals surface area (Å²) in [5.74, 6) is -1.54. The van der Waals surface area contributed by atoms with E-state index in [1.54, 1.807) is 0 Å². The molecule has 0 aromatic carbocycles. The van der Waals surface area contributed by atoms with Gasteiger partial charge in [0.25, 0.3) is 0 Å². The zero-order chi connectivity index (χ0) is 13.8. The van der Waals surface area contributed by atoms with Crippen LogP contribution in [0.5, 0.6) is 0 Å². The van der Waals surface area contributed by atoms with E-state index in [0.717, 1.165) is 0 Å². The summed E-state index contributed by atoms with van der Waals surface area (Å²) in [6, 6.07) is -2.72. The molecule has 0 heterocycles. The Bertz CT molecular complexity index is 316. The quantitative estimate of drug-likeness (QED) is 0.639. The molecule has 3 N–H and O–H groups in total. The van der Waals surface area contributed by atoms with Gasteiger partial charge in [0.1, 0.15) is 6.04 Å². The number of urea groups is 1. The van der Waals surface area contributed by atoms with Gasteiger partial charge in [-0.15, -0.1) is 0 Å². The van der Waals surface area contributed by atoms with Gasteiger partial charge in [-0.1, -0.05) is 0 Å². The van der Waals surface area contributed by atoms with Crippen molar-refractivity contribution < 1.29 is 27.9 Å². The number of carbonyl (C=O) groups is 2. The fourth-order valence-electron chi connectivity index (χ4n) is 1.53. The van der Waals surface area contributed by atoms with Crippen LogP contribution in [-0.4, -0.2) is 35.9 Å². The number of alkyl halides is 3. The first-order chi connectivity index (χ1) is 8.30. The Labute approximate surface area is 102 Å². The van der Waals surface area contributed by atoms with Crippen LogP contribution in [0.2, 0.25) is 0 Å². The van der Waals surface area contributed by atoms with Crippen LogP contribution in [0.3, 0.4) is 0 Å². The zero-order valence-corrected chi connectivity index (χ0v) is 9.59. The van der Waals surface area contributed by atoms with E-state index >= 15 is 0 Å². The van der Waals surface area contributed by atoms with Crippen LogP contribution >= 0.6 is 0 Å². The van der Waals surface area contributed by atoms with Gasteiger partial charge < -0.3 is 15.7 Å². The molecule has 1 atom stereocenters. The number of halogens is 3. The number of carboxylic acids is 1. The molecule has 0 aliphatic heterocycles. The highest BCUT2D eigenvalue weighted by Crippen LogP contribution is 2.39. The Hall–Kier alpha value is -1.47. The van der Waals surface area contributed by atoms with Gasteiger partial charge in [-0.05, 0) is 25.2 Å². The van der Waals surface area contributed by atoms with Crippen LogP contribution in [0.25, 0.3) is 0 Å². The fraction of sp³-hybridized carbons (Fsp3) is 0.800. The molecule has 0 saturated heterocycles. The van der Waals surface area contributed by atoms with Crippen LogP contribution in [0, 0.1) is 5.92 Å². The summed E-state index contributed by atoms with van der Waals surface area (Å²) in [7, 11) is 0. The topological polar surface area (TPSA) is 78.4 Å². The van der Waals surface area contributed by atoms with Crippen molar-refractivity contribution >= 4 is 12.0 Å². The summed E-state index contributed by atoms with van der Waals surface area (Å²) < 4.78 is 37.6. The lowest BCUT2D eigenvalue weighted by Gasteiger charge is -2.21. The highest BCUT2D eigenvalue weighted by Gasteiger charge is 2.49. The summed E-state index contributed by atoms with van der Waals surface area (Å²) >= 11 is 0. The standard InChI is InChI=1S/C10H15F3N2O3/c11-10(12,13)8(6-3-4-6)15-9(18)14-5-1-2-7(16)17/h6,8H,1-5H2,(H,16,17)(H2,14,15,18). The Morgan fingerprint density at radius 1 is 1.33 bits per heavy atom. The molecule has 0 aromatic rings. The predicted octanol–water partition coefficient (Wildman–Crippen LogP) is 1.49. The van der Waals surface area contributed by atoms with Crippen molar-refractivity contribution in [2.45, 2.75) is 37.9 Å². The van der Waals surface area contributed by atoms with Crippen molar-refractivity contribution in [1.82, 2.24) is 10.6 Å². The molecule has 0 bridgehead atoms. The third-order valence-corrected chi connectivity index (χ3v) is 2.59. The minimum absolute atomic E-state index is 0.0351. The maximum absolute atomic E-state index is 12.5. The highest BCUT2D eigenvalue weighted by atomic mass is 19.4. The lowest BCUT2D eigenvalue weighted by atomic mass is 10.2. The molecule has 0 aromatic heterocycles. The molecular formula is C10H15F3N2O3. The third kappa shape index (κ3) is 5.24. The number of aliphatic carboxylic acids is 1. The van der Waals surface area contributed by atoms with Crippen LogP contribution in [0.4, 0.5) is 18.0 Å². The maximum atomic E-state index is 12.5. The van der Waals surface area contributed by atoms with Crippen LogP contribution in [0.15, 0.2) is 0 Å². The second-order valence-corrected chi connectivity index (χ2v) is 4.25. The van der Waals surface area contributed by atoms with Crippen LogP contribution < -0.4 is 10.6 Å². The Kier molecular flexibility index (Phi) is 4.80. The average Bonchev–Trinajstić information content (AvgIpc) is 3.02. The van der Waals surface area contributed by atoms with Crippen molar-refractivity contribution in [1.29, 1.82) is 0 Å². The molecule has 104 valence electrons. The minimum atomic E-state index is -4.44. The SMILES string of the molecule is O=C(O)CCCNC(=O)NC(C1CC1)C(F)(F)F. The monoisotopic (exact) mass is 268 g/mol. The maximum Gasteiger partial charge on any atom is 0.408 e. The Balaban J connectivity index is 2.27. The number of hydrogen-bond acceptors (Lipinski definition) is 2. The molecule has 1 aliphatic rings. The van der Waals surface area contributed by atoms with Crippen molar-refractivity contribution in [3.8, 4) is 0 Å². The zero-order valence-electron chi connectivity index (χ0n) is 9.59. The van der Waals surface area contributed by atoms with Gasteiger partial charge in [0.2, 0.25) is 0 Å². The van der Waals surface area contributed by atoms with Gasteiger partial charge in [-0.25, -0.2) is 4.79 Å². The van der Waals surface area contributed by atoms with E-state index in [1.165, 1.54) is 0 Å². The smallest absolute Gasteiger partial charge is 0.408 e. The second-order valence-electron chi connectivity index (χ2n) is 4.25. The molecule has 1 unspecified atom stereocenters. The van der Waals surface area contributed by atoms with Crippen molar-refractivity contribution in [2.75, 3.05) is 6.54 Å². The highest BCUT2D eigenvalue weighted by molar-refractivity contribution is 5.74. The number of carboxylic acid groups (broad SMARTS) is 1. The second kappa shape index (κ2) is 5.92. The molecule has 18 heavy (non-hydrogen) atoms. The van der Waals surface area contributed by atoms with E-state index < -0.39 is 30.1 Å². The number of amides is 2. The molecule has 1 aliphatic carbocycles. The molecule has 5 nitrogen and oxygen atoms in total. The minimum Gasteiger partial charge on any atom is -0.481 e. The van der Waals surface area contributed by atoms with Crippen LogP contribution in [-0.2, 0) is 4.79 Å². The van der Waals surface area contributed by atoms with E-state index in [1.807, 2.05) is 5.32 Å². The lowest BCUT2D eigenvalue weighted by molar-refractivity contribution is -0.157. The van der Waals surface area contributed by atoms with Crippen molar-refractivity contribution in [3.05, 3.63) is 0 Å². The Morgan fingerprint density at radius 3 is 2.39 bits per heavy atom. The first kappa shape index (κ1) is 14.6. The summed E-state index contributed by atoms with van der Waals surface area (Å²) in [6.45, 7) is 0.0351. The molecule has 8 heteroatoms. The van der Waals surface area contributed by atoms with E-state index in [-0.39, 0.29) is 19.4 Å². The molecule has 0 radical (unpaired) electrons. The lowest BCUT2D eigenvalue weighted by Crippen LogP contribution is -2.50. The number of rotatable bonds is 6. The van der Waals surface area contributed by atoms with Gasteiger partial charge in [-0.3, -0.25) is 4.79 Å². The van der Waals surface area contributed by atoms with E-state index in [4.69, 9.17) is 5.11 Å². The average molecular weight is 268 g/mol. The predicted molar refractivity (Wildman–Crippen MR) is 56.0 cm³/mol. The molecule has 1 rings (SSSR count). The summed E-state index contributed by atoms with van der Waals surface area (Å²) in [5.41, 5.74) is 0. The normalized spacial score (nSPS) is 17.1. The molecule has 0 spiro atoms. The van der Waals surface area contributed by atoms with Crippen molar-refractivity contribution in [2.24, 2.45) is 5.92 Å². The van der Waals surface area contributed by atoms with Gasteiger partial charge in [0.05, 0.1) is 0 Å². The van der Waals surface area contributed by atoms with Gasteiger partial charge in [0, 0.05) is 13.0 Å². The first-order valence-electron chi connectivity index (χ1n) is 5.63. The largest absolute Gasteiger partial charge is 0.481 e. The summed E-state index contributed by atoms with van der Waals surface area (Å²) in [4.78, 5) is 21.4. The van der Waals surface area contributed by atoms with Gasteiger partial charge in [-0.2, -0.15) is 13.2 Å². The van der Waals surface area contributed by atoms with Crippen molar-refractivity contribution in [3.63, 3.8) is 0 Å². The number of hydrogen-bond donors (Lipinski definition) is 3. The summed E-state index contributed by atoms with van der Waals surface area (Å²) in [5, 5.41) is 12.4. The van der Waals surface area contributed by atoms with Gasteiger partial charge in [0.15, 0.2) is 0 Å². The third-order valence-electron chi connectivity index (χ3n) is 2.59. The van der Waals surface area contributed by atoms with E-state index in [9.17, 15) is 22.8 Å². The summed E-state index contributed by atoms with van der Waals surface area (Å²) in [6.07, 6.45) is -3.47. The Morgan fingerprint density at radius 2 is 1.94 bits per heavy atom. The molecule has 2 amide bonds. The molecular weight excluding hydrogens is 253 g/mol. The van der Waals surface area contributed by atoms with E-state index in [0.29, 0.717) is 12.8 Å². The van der Waals surface area contributed by atoms with Crippen LogP contribution in [0.1, 0.15) is 25.7 Å². The number of carbonyl (C=O) groups excluding carboxylic acids is 1. The first-order valence-corrected chi connectivity index (χ1v) is 5.63.